The molecule has 0 saturated carbocycles. The zero-order valence-corrected chi connectivity index (χ0v) is 15.1. The molecule has 0 aliphatic heterocycles. The second-order valence-corrected chi connectivity index (χ2v) is 5.67. The van der Waals surface area contributed by atoms with E-state index in [1.165, 1.54) is 25.7 Å². The Morgan fingerprint density at radius 1 is 0.826 bits per heavy atom. The summed E-state index contributed by atoms with van der Waals surface area (Å²) in [5.74, 6) is 0. The molecule has 0 aromatic rings. The fraction of sp³-hybridized carbons (Fsp3) is 0.750. The first-order chi connectivity index (χ1) is 11.3. The van der Waals surface area contributed by atoms with E-state index in [1.54, 1.807) is 0 Å². The highest BCUT2D eigenvalue weighted by Gasteiger charge is 2.08. The Morgan fingerprint density at radius 3 is 1.74 bits per heavy atom. The molecule has 0 heterocycles. The maximum Gasteiger partial charge on any atom is 0.158 e. The van der Waals surface area contributed by atoms with Crippen LogP contribution in [0.15, 0.2) is 24.3 Å². The molecule has 0 aliphatic carbocycles. The van der Waals surface area contributed by atoms with E-state index in [-0.39, 0.29) is 6.29 Å². The van der Waals surface area contributed by atoms with Gasteiger partial charge in [-0.05, 0) is 25.7 Å². The summed E-state index contributed by atoms with van der Waals surface area (Å²) in [5, 5.41) is 8.72. The minimum absolute atomic E-state index is 0.247. The van der Waals surface area contributed by atoms with E-state index in [2.05, 4.69) is 44.2 Å². The molecule has 3 nitrogen and oxygen atoms in total. The first kappa shape index (κ1) is 21.9. The largest absolute Gasteiger partial charge is 0.352 e. The SMILES string of the molecule is CCCC/C=C\CCOC(CCC#N)OCC/C=C\CCCC. The number of ether oxygens (including phenoxy) is 2. The maximum atomic E-state index is 8.72. The van der Waals surface area contributed by atoms with Crippen LogP contribution in [0.5, 0.6) is 0 Å². The first-order valence-corrected chi connectivity index (χ1v) is 9.25. The number of nitriles is 1. The fourth-order valence-corrected chi connectivity index (χ4v) is 2.05. The lowest BCUT2D eigenvalue weighted by Crippen LogP contribution is -2.18. The highest BCUT2D eigenvalue weighted by molar-refractivity contribution is 4.82. The average molecular weight is 322 g/mol. The Morgan fingerprint density at radius 2 is 1.30 bits per heavy atom. The lowest BCUT2D eigenvalue weighted by Gasteiger charge is -2.16. The molecule has 0 N–H and O–H groups in total. The topological polar surface area (TPSA) is 42.2 Å². The van der Waals surface area contributed by atoms with Crippen molar-refractivity contribution in [2.45, 2.75) is 84.3 Å². The summed E-state index contributed by atoms with van der Waals surface area (Å²) in [6.45, 7) is 5.72. The summed E-state index contributed by atoms with van der Waals surface area (Å²) in [6.07, 6.45) is 18.7. The second kappa shape index (κ2) is 18.9. The number of nitrogens with zero attached hydrogens (tertiary/aromatic N) is 1. The van der Waals surface area contributed by atoms with Gasteiger partial charge in [-0.25, -0.2) is 0 Å². The molecule has 0 fully saturated rings. The van der Waals surface area contributed by atoms with Gasteiger partial charge in [0.15, 0.2) is 6.29 Å². The zero-order chi connectivity index (χ0) is 17.0. The van der Waals surface area contributed by atoms with E-state index < -0.39 is 0 Å². The van der Waals surface area contributed by atoms with Crippen molar-refractivity contribution in [2.24, 2.45) is 0 Å². The lowest BCUT2D eigenvalue weighted by atomic mass is 10.2. The number of rotatable bonds is 16. The summed E-state index contributed by atoms with van der Waals surface area (Å²) >= 11 is 0. The molecular weight excluding hydrogens is 286 g/mol. The van der Waals surface area contributed by atoms with Crippen molar-refractivity contribution >= 4 is 0 Å². The summed E-state index contributed by atoms with van der Waals surface area (Å²) in [6, 6.07) is 2.16. The molecule has 3 heteroatoms. The Kier molecular flexibility index (Phi) is 18.0. The number of hydrogen-bond acceptors (Lipinski definition) is 3. The average Bonchev–Trinajstić information content (AvgIpc) is 2.57. The van der Waals surface area contributed by atoms with Crippen LogP contribution in [-0.4, -0.2) is 19.5 Å². The predicted octanol–water partition coefficient (Wildman–Crippen LogP) is 5.92. The van der Waals surface area contributed by atoms with Gasteiger partial charge in [-0.2, -0.15) is 5.26 Å². The van der Waals surface area contributed by atoms with Crippen molar-refractivity contribution < 1.29 is 9.47 Å². The molecule has 132 valence electrons. The van der Waals surface area contributed by atoms with Gasteiger partial charge >= 0.3 is 0 Å². The third kappa shape index (κ3) is 17.1. The van der Waals surface area contributed by atoms with Crippen LogP contribution in [0.2, 0.25) is 0 Å². The molecule has 23 heavy (non-hydrogen) atoms. The van der Waals surface area contributed by atoms with Crippen LogP contribution in [0.4, 0.5) is 0 Å². The molecule has 0 aliphatic rings. The van der Waals surface area contributed by atoms with Crippen LogP contribution in [-0.2, 0) is 9.47 Å². The minimum Gasteiger partial charge on any atom is -0.352 e. The summed E-state index contributed by atoms with van der Waals surface area (Å²) in [4.78, 5) is 0. The highest BCUT2D eigenvalue weighted by atomic mass is 16.7. The van der Waals surface area contributed by atoms with Gasteiger partial charge < -0.3 is 9.47 Å². The fourth-order valence-electron chi connectivity index (χ4n) is 2.05. The van der Waals surface area contributed by atoms with E-state index in [1.807, 2.05) is 0 Å². The van der Waals surface area contributed by atoms with Gasteiger partial charge in [-0.1, -0.05) is 63.8 Å². The van der Waals surface area contributed by atoms with Crippen LogP contribution in [0.25, 0.3) is 0 Å². The van der Waals surface area contributed by atoms with Crippen molar-refractivity contribution in [2.75, 3.05) is 13.2 Å². The molecule has 0 atom stereocenters. The van der Waals surface area contributed by atoms with Crippen LogP contribution in [0.1, 0.15) is 78.1 Å². The van der Waals surface area contributed by atoms with Gasteiger partial charge in [-0.15, -0.1) is 0 Å². The Labute approximate surface area is 143 Å². The van der Waals surface area contributed by atoms with Crippen molar-refractivity contribution in [1.82, 2.24) is 0 Å². The first-order valence-electron chi connectivity index (χ1n) is 9.25. The molecule has 0 bridgehead atoms. The van der Waals surface area contributed by atoms with Crippen LogP contribution < -0.4 is 0 Å². The molecule has 0 spiro atoms. The summed E-state index contributed by atoms with van der Waals surface area (Å²) in [7, 11) is 0. The van der Waals surface area contributed by atoms with Crippen molar-refractivity contribution in [1.29, 1.82) is 5.26 Å². The monoisotopic (exact) mass is 321 g/mol. The molecule has 0 rings (SSSR count). The van der Waals surface area contributed by atoms with Gasteiger partial charge in [0.1, 0.15) is 0 Å². The van der Waals surface area contributed by atoms with Gasteiger partial charge in [0.2, 0.25) is 0 Å². The Balaban J connectivity index is 3.77. The molecule has 0 unspecified atom stereocenters. The normalized spacial score (nSPS) is 11.7. The van der Waals surface area contributed by atoms with Gasteiger partial charge in [0.25, 0.3) is 0 Å². The van der Waals surface area contributed by atoms with E-state index in [0.29, 0.717) is 26.1 Å². The third-order valence-corrected chi connectivity index (χ3v) is 3.45. The van der Waals surface area contributed by atoms with E-state index in [4.69, 9.17) is 14.7 Å². The number of unbranched alkanes of at least 4 members (excludes halogenated alkanes) is 4. The van der Waals surface area contributed by atoms with Crippen molar-refractivity contribution in [3.05, 3.63) is 24.3 Å². The quantitative estimate of drug-likeness (QED) is 0.201. The van der Waals surface area contributed by atoms with Crippen molar-refractivity contribution in [3.63, 3.8) is 0 Å². The number of hydrogen-bond donors (Lipinski definition) is 0. The van der Waals surface area contributed by atoms with Crippen LogP contribution in [0.3, 0.4) is 0 Å². The van der Waals surface area contributed by atoms with Crippen molar-refractivity contribution in [3.8, 4) is 6.07 Å². The third-order valence-electron chi connectivity index (χ3n) is 3.45. The summed E-state index contributed by atoms with van der Waals surface area (Å²) < 4.78 is 11.5. The van der Waals surface area contributed by atoms with Gasteiger partial charge in [0.05, 0.1) is 19.3 Å². The molecule has 0 aromatic heterocycles. The van der Waals surface area contributed by atoms with E-state index in [9.17, 15) is 0 Å². The van der Waals surface area contributed by atoms with E-state index in [0.717, 1.165) is 25.7 Å². The molecule has 0 radical (unpaired) electrons. The van der Waals surface area contributed by atoms with Gasteiger partial charge in [-0.3, -0.25) is 0 Å². The number of allylic oxidation sites excluding steroid dienone is 2. The smallest absolute Gasteiger partial charge is 0.158 e. The molecular formula is C20H35NO2. The second-order valence-electron chi connectivity index (χ2n) is 5.67. The maximum absolute atomic E-state index is 8.72. The Hall–Kier alpha value is -1.11. The van der Waals surface area contributed by atoms with E-state index >= 15 is 0 Å². The predicted molar refractivity (Wildman–Crippen MR) is 97.1 cm³/mol. The van der Waals surface area contributed by atoms with Crippen LogP contribution in [0, 0.1) is 11.3 Å². The van der Waals surface area contributed by atoms with Gasteiger partial charge in [0, 0.05) is 12.8 Å². The highest BCUT2D eigenvalue weighted by Crippen LogP contribution is 2.07. The zero-order valence-electron chi connectivity index (χ0n) is 15.1. The molecule has 0 aromatic carbocycles. The lowest BCUT2D eigenvalue weighted by molar-refractivity contribution is -0.143. The molecule has 0 saturated heterocycles. The standard InChI is InChI=1S/C20H35NO2/c1-3-5-7-9-11-13-18-22-20(16-15-17-21)23-19-14-12-10-8-6-4-2/h9-12,20H,3-8,13-16,18-19H2,1-2H3/b11-9-,12-10-. The minimum atomic E-state index is -0.247. The summed E-state index contributed by atoms with van der Waals surface area (Å²) in [5.41, 5.74) is 0. The molecule has 0 amide bonds. The van der Waals surface area contributed by atoms with Crippen LogP contribution >= 0.6 is 0 Å². The Bertz CT molecular complexity index is 307.